The average Bonchev–Trinajstić information content (AvgIpc) is 1.64. The topological polar surface area (TPSA) is 666 Å². The van der Waals surface area contributed by atoms with E-state index in [-0.39, 0.29) is 52.6 Å². The van der Waals surface area contributed by atoms with Gasteiger partial charge in [0.2, 0.25) is 41.3 Å². The Morgan fingerprint density at radius 2 is 0.914 bits per heavy atom. The summed E-state index contributed by atoms with van der Waals surface area (Å²) < 4.78 is 27.0. The van der Waals surface area contributed by atoms with Crippen molar-refractivity contribution in [2.45, 2.75) is 141 Å². The number of allylic oxidation sites excluding steroid dienone is 4. The largest absolute Gasteiger partial charge is 0.469 e. The van der Waals surface area contributed by atoms with Crippen LogP contribution in [0.5, 0.6) is 0 Å². The van der Waals surface area contributed by atoms with Crippen LogP contribution in [0.15, 0.2) is 93.8 Å². The molecule has 0 radical (unpaired) electrons. The second kappa shape index (κ2) is 31.1. The maximum Gasteiger partial charge on any atom is 0.351 e. The third-order valence-corrected chi connectivity index (χ3v) is 15.7. The summed E-state index contributed by atoms with van der Waals surface area (Å²) in [5.74, 6) is -3.56. The van der Waals surface area contributed by atoms with Gasteiger partial charge in [0.1, 0.15) is 78.7 Å². The molecule has 0 unspecified atom stereocenters. The van der Waals surface area contributed by atoms with Crippen LogP contribution in [0, 0.1) is 0 Å². The van der Waals surface area contributed by atoms with Gasteiger partial charge in [-0.1, -0.05) is 44.5 Å². The summed E-state index contributed by atoms with van der Waals surface area (Å²) in [6, 6.07) is 1.29. The summed E-state index contributed by atoms with van der Waals surface area (Å²) in [6.45, 7) is 1.20. The standard InChI is InChI=1S/C10H11IN4O5.C10H12N4O6.C10H13NO6.C10H11NO5.C9H12N6O5/c11-4-10(13-14-12)8(19)7(18)9(20-10)15-2-1-5(16)3-6(15)17;11-13-12-10(4-15)8(19)7(18)9(20-10)14-2-1-5(16)3-6(14)17;12-4-6-8(15)9(16)10(17-6)11-2-1-5(13)3-7(11)14;1-5-8(14)9(15)10(16-5)11-3-2-6(12)4-7(11)13;10-4-1-2-15(8(19)12-4)7-5(17)6(18)9(3-16,20-7)13-14-11/h1-2,7-9,18-19H,3-4H2;1-2,7-9,15,18-19H,3-4H2;1-2,6,8-10,12,15-16H,3-4H2;2-3,8-10,14-15H,1,4H2;1-2,5-7,16-18H,3H2,(H2,10,12,19)/t2*7-,8+,9-,10-;6-,8-,9-,10-;8-,9-,10-;5-,6+,7-,9-/m11111/s1. The second-order valence-corrected chi connectivity index (χ2v) is 21.4. The zero-order valence-electron chi connectivity index (χ0n) is 47.6. The Morgan fingerprint density at radius 1 is 0.548 bits per heavy atom. The number of nitrogen functional groups attached to an aromatic ring is 1. The van der Waals surface area contributed by atoms with Gasteiger partial charge in [0.05, 0.1) is 45.5 Å². The molecule has 10 rings (SSSR count). The number of alkyl halides is 1. The molecule has 15 N–H and O–H groups in total. The zero-order chi connectivity index (χ0) is 69.2. The van der Waals surface area contributed by atoms with Crippen molar-refractivity contribution >= 4 is 75.2 Å². The highest BCUT2D eigenvalue weighted by atomic mass is 127. The number of amides is 4. The van der Waals surface area contributed by atoms with Crippen LogP contribution in [0.2, 0.25) is 0 Å². The summed E-state index contributed by atoms with van der Waals surface area (Å²) in [5, 5.41) is 135. The molecule has 0 bridgehead atoms. The van der Waals surface area contributed by atoms with Gasteiger partial charge in [-0.2, -0.15) is 4.98 Å². The van der Waals surface area contributed by atoms with Gasteiger partial charge in [0, 0.05) is 50.2 Å². The number of aliphatic hydroxyl groups excluding tert-OH is 13. The number of azide groups is 3. The lowest BCUT2D eigenvalue weighted by Gasteiger charge is -2.29. The first-order chi connectivity index (χ1) is 43.9. The molecule has 504 valence electrons. The fraction of sp³-hybridized carbons (Fsp3) is 0.551. The number of halogens is 1. The summed E-state index contributed by atoms with van der Waals surface area (Å²) in [5.41, 5.74) is 24.2. The molecule has 9 aliphatic rings. The van der Waals surface area contributed by atoms with E-state index in [2.05, 4.69) is 41.6 Å². The van der Waals surface area contributed by atoms with E-state index in [4.69, 9.17) is 51.1 Å². The predicted octanol–water partition coefficient (Wildman–Crippen LogP) is -7.09. The number of ketones is 4. The van der Waals surface area contributed by atoms with Crippen molar-refractivity contribution in [1.29, 1.82) is 0 Å². The number of nitrogens with two attached hydrogens (primary N) is 1. The van der Waals surface area contributed by atoms with Crippen molar-refractivity contribution in [2.24, 2.45) is 15.3 Å². The van der Waals surface area contributed by atoms with Gasteiger partial charge in [0.15, 0.2) is 53.8 Å². The number of aromatic nitrogens is 2. The number of rotatable bonds is 12. The molecule has 43 nitrogen and oxygen atoms in total. The van der Waals surface area contributed by atoms with Crippen LogP contribution in [-0.4, -0.2) is 276 Å². The molecule has 19 atom stereocenters. The van der Waals surface area contributed by atoms with Crippen molar-refractivity contribution in [3.8, 4) is 0 Å². The normalized spacial score (nSPS) is 35.9. The molecule has 5 saturated heterocycles. The lowest BCUT2D eigenvalue weighted by Crippen LogP contribution is -2.46. The summed E-state index contributed by atoms with van der Waals surface area (Å²) in [4.78, 5) is 117. The van der Waals surface area contributed by atoms with Gasteiger partial charge in [-0.15, -0.1) is 0 Å². The van der Waals surface area contributed by atoms with Crippen molar-refractivity contribution in [1.82, 2.24) is 29.2 Å². The number of nitrogens with zero attached hydrogens (tertiary/aromatic N) is 15. The molecule has 10 heterocycles. The maximum atomic E-state index is 11.8. The monoisotopic (exact) mass is 1430 g/mol. The first-order valence-corrected chi connectivity index (χ1v) is 28.3. The highest BCUT2D eigenvalue weighted by Gasteiger charge is 2.59. The Balaban J connectivity index is 0.000000185. The van der Waals surface area contributed by atoms with Gasteiger partial charge in [-0.3, -0.25) is 62.5 Å². The first-order valence-electron chi connectivity index (χ1n) is 26.8. The molecule has 0 aliphatic carbocycles. The van der Waals surface area contributed by atoms with Crippen molar-refractivity contribution in [2.75, 3.05) is 30.0 Å². The van der Waals surface area contributed by atoms with Crippen LogP contribution >= 0.6 is 22.6 Å². The van der Waals surface area contributed by atoms with Crippen LogP contribution < -0.4 is 11.4 Å². The van der Waals surface area contributed by atoms with E-state index in [1.54, 1.807) is 0 Å². The zero-order valence-corrected chi connectivity index (χ0v) is 49.7. The smallest absolute Gasteiger partial charge is 0.351 e. The molecule has 93 heavy (non-hydrogen) atoms. The fourth-order valence-electron chi connectivity index (χ4n) is 9.60. The SMILES string of the molecule is C=C1O[C@@H](N2C=CC(=O)CC2=O)[C@H](O)[C@@H]1O.O=C1C=CN([C@@H]2O[C@H](CO)[C@@H](O)[C@H]2O)C(=O)C1.[N-]=[N+]=N[C@]1(CI)O[C@@H](N2C=CC(=O)CC2=O)[C@H](O)[C@@H]1O.[N-]=[N+]=N[C@]1(CO)O[C@@H](N2C=CC(=O)CC2=O)[C@H](O)[C@@H]1O.[N-]=[N+]=N[C@]1(CO)O[C@@H](n2ccc(N)nc2=O)[C@H](O)[C@@H]1O. The van der Waals surface area contributed by atoms with E-state index >= 15 is 0 Å². The molecule has 1 aromatic heterocycles. The third-order valence-electron chi connectivity index (χ3n) is 14.6. The first kappa shape index (κ1) is 73.8. The number of hydrogen-bond donors (Lipinski definition) is 14. The fourth-order valence-corrected chi connectivity index (χ4v) is 10.4. The molecular formula is C49H59IN16O27. The number of aliphatic hydroxyl groups is 13. The van der Waals surface area contributed by atoms with Crippen LogP contribution in [-0.2, 0) is 62.0 Å². The average molecular weight is 1430 g/mol. The minimum atomic E-state index is -2.07. The van der Waals surface area contributed by atoms with Crippen LogP contribution in [0.1, 0.15) is 31.9 Å². The predicted molar refractivity (Wildman–Crippen MR) is 304 cm³/mol. The van der Waals surface area contributed by atoms with E-state index in [0.29, 0.717) is 0 Å². The van der Waals surface area contributed by atoms with Crippen molar-refractivity contribution in [3.05, 3.63) is 116 Å². The number of carbonyl (C=O) groups is 8. The Labute approximate surface area is 532 Å². The van der Waals surface area contributed by atoms with Crippen LogP contribution in [0.4, 0.5) is 5.82 Å². The Kier molecular flexibility index (Phi) is 24.7. The molecule has 44 heteroatoms. The highest BCUT2D eigenvalue weighted by molar-refractivity contribution is 14.1. The lowest BCUT2D eigenvalue weighted by molar-refractivity contribution is -0.160. The summed E-state index contributed by atoms with van der Waals surface area (Å²) in [7, 11) is 0. The molecule has 0 aromatic carbocycles. The van der Waals surface area contributed by atoms with Crippen LogP contribution in [0.25, 0.3) is 31.3 Å². The Bertz CT molecular complexity index is 3320. The molecule has 5 fully saturated rings. The minimum Gasteiger partial charge on any atom is -0.469 e. The maximum absolute atomic E-state index is 11.8. The molecule has 0 saturated carbocycles. The molecule has 1 aromatic rings. The van der Waals surface area contributed by atoms with Gasteiger partial charge in [-0.05, 0) is 47.0 Å². The molecule has 0 spiro atoms. The third kappa shape index (κ3) is 15.7. The van der Waals surface area contributed by atoms with Gasteiger partial charge < -0.3 is 95.8 Å². The van der Waals surface area contributed by atoms with E-state index in [1.165, 1.54) is 49.1 Å². The van der Waals surface area contributed by atoms with E-state index in [1.807, 2.05) is 22.6 Å². The summed E-state index contributed by atoms with van der Waals surface area (Å²) >= 11 is 1.84. The van der Waals surface area contributed by atoms with Gasteiger partial charge in [-0.25, -0.2) is 4.79 Å². The van der Waals surface area contributed by atoms with E-state index < -0.39 is 177 Å². The Morgan fingerprint density at radius 3 is 1.26 bits per heavy atom. The highest BCUT2D eigenvalue weighted by Crippen LogP contribution is 2.40. The lowest BCUT2D eigenvalue weighted by atomic mass is 10.1. The van der Waals surface area contributed by atoms with E-state index in [9.17, 15) is 104 Å². The van der Waals surface area contributed by atoms with Crippen molar-refractivity contribution in [3.63, 3.8) is 0 Å². The quantitative estimate of drug-likeness (QED) is 0.0231. The number of anilines is 1. The van der Waals surface area contributed by atoms with Crippen molar-refractivity contribution < 1.29 is 128 Å². The van der Waals surface area contributed by atoms with E-state index in [0.717, 1.165) is 36.4 Å². The molecule has 4 amide bonds. The van der Waals surface area contributed by atoms with Crippen LogP contribution in [0.3, 0.4) is 0 Å². The molecule has 9 aliphatic heterocycles. The number of ether oxygens (including phenoxy) is 5. The second-order valence-electron chi connectivity index (χ2n) is 20.6. The number of hydrogen-bond acceptors (Lipinski definition) is 32. The minimum absolute atomic E-state index is 0.00981. The van der Waals surface area contributed by atoms with Gasteiger partial charge in [0.25, 0.3) is 0 Å². The number of carbonyl (C=O) groups excluding carboxylic acids is 8. The molecular weight excluding hydrogens is 1370 g/mol. The Hall–Kier alpha value is -8.28. The van der Waals surface area contributed by atoms with Gasteiger partial charge >= 0.3 is 5.69 Å². The summed E-state index contributed by atoms with van der Waals surface area (Å²) in [6.07, 6.45) is -12.1.